The number of ether oxygens (including phenoxy) is 3. The Morgan fingerprint density at radius 1 is 1.22 bits per heavy atom. The molecular formula is C16H20Cl3NO7. The van der Waals surface area contributed by atoms with Gasteiger partial charge in [0.25, 0.3) is 0 Å². The molecule has 1 aromatic rings. The fourth-order valence-corrected chi connectivity index (χ4v) is 2.69. The summed E-state index contributed by atoms with van der Waals surface area (Å²) in [6, 6.07) is 7.90. The Kier molecular flexibility index (Phi) is 8.39. The van der Waals surface area contributed by atoms with E-state index < -0.39 is 53.7 Å². The summed E-state index contributed by atoms with van der Waals surface area (Å²) in [6.07, 6.45) is -6.06. The highest BCUT2D eigenvalue weighted by molar-refractivity contribution is 6.67. The zero-order valence-corrected chi connectivity index (χ0v) is 16.3. The van der Waals surface area contributed by atoms with Gasteiger partial charge in [-0.15, -0.1) is 0 Å². The molecule has 1 heterocycles. The third-order valence-electron chi connectivity index (χ3n) is 3.81. The number of hydrogen-bond acceptors (Lipinski definition) is 7. The van der Waals surface area contributed by atoms with Crippen molar-refractivity contribution in [3.05, 3.63) is 35.9 Å². The monoisotopic (exact) mass is 443 g/mol. The molecule has 2 rings (SSSR count). The van der Waals surface area contributed by atoms with E-state index in [9.17, 15) is 20.1 Å². The second-order valence-corrected chi connectivity index (χ2v) is 8.38. The van der Waals surface area contributed by atoms with Gasteiger partial charge >= 0.3 is 6.09 Å². The summed E-state index contributed by atoms with van der Waals surface area (Å²) in [5.41, 5.74) is 0.809. The van der Waals surface area contributed by atoms with Crippen LogP contribution in [0.3, 0.4) is 0 Å². The normalized spacial score (nSPS) is 28.6. The SMILES string of the molecule is O=C(N[C@@H]1[C@@H](OCc2ccccc2)[C@H](O)[C@@H](CO)O[C@@H]1O)OCC(Cl)(Cl)Cl. The largest absolute Gasteiger partial charge is 0.445 e. The van der Waals surface area contributed by atoms with Gasteiger partial charge in [-0.3, -0.25) is 0 Å². The van der Waals surface area contributed by atoms with Gasteiger partial charge in [-0.25, -0.2) is 4.79 Å². The van der Waals surface area contributed by atoms with E-state index in [1.165, 1.54) is 0 Å². The van der Waals surface area contributed by atoms with E-state index >= 15 is 0 Å². The van der Waals surface area contributed by atoms with Crippen LogP contribution in [0.25, 0.3) is 0 Å². The Morgan fingerprint density at radius 3 is 2.48 bits per heavy atom. The molecule has 4 N–H and O–H groups in total. The zero-order valence-electron chi connectivity index (χ0n) is 14.0. The Morgan fingerprint density at radius 2 is 1.89 bits per heavy atom. The van der Waals surface area contributed by atoms with Crippen molar-refractivity contribution in [2.75, 3.05) is 13.2 Å². The minimum absolute atomic E-state index is 0.0921. The van der Waals surface area contributed by atoms with Crippen molar-refractivity contribution in [2.45, 2.75) is 41.0 Å². The lowest BCUT2D eigenvalue weighted by atomic mass is 9.97. The molecule has 27 heavy (non-hydrogen) atoms. The highest BCUT2D eigenvalue weighted by atomic mass is 35.6. The molecule has 0 aromatic heterocycles. The van der Waals surface area contributed by atoms with Crippen molar-refractivity contribution in [1.29, 1.82) is 0 Å². The van der Waals surface area contributed by atoms with Gasteiger partial charge in [0.15, 0.2) is 6.29 Å². The fraction of sp³-hybridized carbons (Fsp3) is 0.562. The third-order valence-corrected chi connectivity index (χ3v) is 4.14. The van der Waals surface area contributed by atoms with Gasteiger partial charge in [-0.2, -0.15) is 0 Å². The summed E-state index contributed by atoms with van der Waals surface area (Å²) in [5.74, 6) is 0. The second kappa shape index (κ2) is 10.1. The summed E-state index contributed by atoms with van der Waals surface area (Å²) in [7, 11) is 0. The van der Waals surface area contributed by atoms with Gasteiger partial charge in [-0.1, -0.05) is 65.1 Å². The number of alkyl carbamates (subject to hydrolysis) is 1. The van der Waals surface area contributed by atoms with E-state index in [4.69, 9.17) is 49.0 Å². The zero-order chi connectivity index (χ0) is 20.0. The molecule has 0 unspecified atom stereocenters. The maximum absolute atomic E-state index is 11.9. The van der Waals surface area contributed by atoms with E-state index in [0.29, 0.717) is 0 Å². The lowest BCUT2D eigenvalue weighted by Crippen LogP contribution is -2.65. The highest BCUT2D eigenvalue weighted by Gasteiger charge is 2.46. The van der Waals surface area contributed by atoms with Crippen LogP contribution >= 0.6 is 34.8 Å². The summed E-state index contributed by atoms with van der Waals surface area (Å²) in [5, 5.41) is 32.2. The molecule has 5 atom stereocenters. The summed E-state index contributed by atoms with van der Waals surface area (Å²) < 4.78 is 13.8. The van der Waals surface area contributed by atoms with Crippen LogP contribution in [0.1, 0.15) is 5.56 Å². The molecule has 11 heteroatoms. The van der Waals surface area contributed by atoms with Crippen molar-refractivity contribution in [3.63, 3.8) is 0 Å². The number of halogens is 3. The van der Waals surface area contributed by atoms with Crippen molar-refractivity contribution < 1.29 is 34.3 Å². The van der Waals surface area contributed by atoms with Crippen molar-refractivity contribution in [1.82, 2.24) is 5.32 Å². The Hall–Kier alpha value is -0.840. The lowest BCUT2D eigenvalue weighted by Gasteiger charge is -2.42. The van der Waals surface area contributed by atoms with Crippen LogP contribution in [0, 0.1) is 0 Å². The number of alkyl halides is 3. The van der Waals surface area contributed by atoms with Crippen LogP contribution in [-0.4, -0.2) is 69.1 Å². The van der Waals surface area contributed by atoms with E-state index in [1.54, 1.807) is 0 Å². The van der Waals surface area contributed by atoms with Crippen LogP contribution in [0.4, 0.5) is 4.79 Å². The van der Waals surface area contributed by atoms with Crippen molar-refractivity contribution >= 4 is 40.9 Å². The molecule has 0 spiro atoms. The maximum Gasteiger partial charge on any atom is 0.407 e. The average Bonchev–Trinajstić information content (AvgIpc) is 2.62. The standard InChI is InChI=1S/C16H20Cl3NO7/c17-16(18,19)8-26-15(24)20-11-13(12(22)10(6-21)27-14(11)23)25-7-9-4-2-1-3-5-9/h1-5,10-14,21-23H,6-8H2,(H,20,24)/t10-,11-,12-,13-,14+/m1/s1. The van der Waals surface area contributed by atoms with Crippen LogP contribution < -0.4 is 5.32 Å². The van der Waals surface area contributed by atoms with Crippen LogP contribution in [-0.2, 0) is 20.8 Å². The Balaban J connectivity index is 2.06. The maximum atomic E-state index is 11.9. The Labute approximate surface area is 170 Å². The first-order valence-corrected chi connectivity index (χ1v) is 9.12. The van der Waals surface area contributed by atoms with Gasteiger partial charge in [0, 0.05) is 0 Å². The highest BCUT2D eigenvalue weighted by Crippen LogP contribution is 2.26. The summed E-state index contributed by atoms with van der Waals surface area (Å²) in [4.78, 5) is 11.9. The molecule has 8 nitrogen and oxygen atoms in total. The Bertz CT molecular complexity index is 601. The number of nitrogens with one attached hydrogen (secondary N) is 1. The molecule has 1 saturated heterocycles. The first-order valence-electron chi connectivity index (χ1n) is 7.99. The molecule has 0 aliphatic carbocycles. The minimum atomic E-state index is -1.80. The summed E-state index contributed by atoms with van der Waals surface area (Å²) >= 11 is 16.5. The quantitative estimate of drug-likeness (QED) is 0.486. The molecule has 1 fully saturated rings. The number of hydrogen-bond donors (Lipinski definition) is 4. The second-order valence-electron chi connectivity index (χ2n) is 5.86. The predicted molar refractivity (Wildman–Crippen MR) is 97.6 cm³/mol. The van der Waals surface area contributed by atoms with E-state index in [0.717, 1.165) is 5.56 Å². The lowest BCUT2D eigenvalue weighted by molar-refractivity contribution is -0.263. The third kappa shape index (κ3) is 6.92. The first kappa shape index (κ1) is 22.4. The number of carbonyl (C=O) groups is 1. The number of amides is 1. The van der Waals surface area contributed by atoms with E-state index in [2.05, 4.69) is 5.32 Å². The van der Waals surface area contributed by atoms with Gasteiger partial charge in [0.1, 0.15) is 31.0 Å². The number of benzene rings is 1. The fourth-order valence-electron chi connectivity index (χ4n) is 2.53. The van der Waals surface area contributed by atoms with Crippen molar-refractivity contribution in [2.24, 2.45) is 0 Å². The molecule has 1 amide bonds. The van der Waals surface area contributed by atoms with E-state index in [-0.39, 0.29) is 6.61 Å². The molecule has 1 aliphatic rings. The minimum Gasteiger partial charge on any atom is -0.445 e. The molecular weight excluding hydrogens is 425 g/mol. The predicted octanol–water partition coefficient (Wildman–Crippen LogP) is 1.11. The number of carbonyl (C=O) groups excluding carboxylic acids is 1. The first-order chi connectivity index (χ1) is 12.7. The van der Waals surface area contributed by atoms with Crippen LogP contribution in [0.5, 0.6) is 0 Å². The van der Waals surface area contributed by atoms with Crippen LogP contribution in [0.15, 0.2) is 30.3 Å². The average molecular weight is 445 g/mol. The summed E-state index contributed by atoms with van der Waals surface area (Å²) in [6.45, 7) is -0.979. The number of aliphatic hydroxyl groups is 3. The smallest absolute Gasteiger partial charge is 0.407 e. The number of aliphatic hydroxyl groups excluding tert-OH is 3. The molecule has 152 valence electrons. The molecule has 0 saturated carbocycles. The van der Waals surface area contributed by atoms with Gasteiger partial charge in [0.2, 0.25) is 3.79 Å². The van der Waals surface area contributed by atoms with Crippen molar-refractivity contribution in [3.8, 4) is 0 Å². The topological polar surface area (TPSA) is 117 Å². The molecule has 0 bridgehead atoms. The van der Waals surface area contributed by atoms with Gasteiger partial charge < -0.3 is 34.8 Å². The molecule has 1 aliphatic heterocycles. The van der Waals surface area contributed by atoms with Crippen LogP contribution in [0.2, 0.25) is 0 Å². The van der Waals surface area contributed by atoms with Gasteiger partial charge in [-0.05, 0) is 5.56 Å². The van der Waals surface area contributed by atoms with E-state index in [1.807, 2.05) is 30.3 Å². The molecule has 1 aromatic carbocycles. The van der Waals surface area contributed by atoms with Gasteiger partial charge in [0.05, 0.1) is 13.2 Å². The number of rotatable bonds is 6. The molecule has 0 radical (unpaired) electrons.